The van der Waals surface area contributed by atoms with Crippen molar-refractivity contribution in [1.82, 2.24) is 5.32 Å². The van der Waals surface area contributed by atoms with E-state index >= 15 is 0 Å². The van der Waals surface area contributed by atoms with Gasteiger partial charge in [-0.2, -0.15) is 5.26 Å². The second kappa shape index (κ2) is 3.97. The van der Waals surface area contributed by atoms with Crippen molar-refractivity contribution in [3.63, 3.8) is 0 Å². The Morgan fingerprint density at radius 3 is 3.12 bits per heavy atom. The van der Waals surface area contributed by atoms with E-state index in [1.54, 1.807) is 0 Å². The maximum atomic E-state index is 8.96. The lowest BCUT2D eigenvalue weighted by molar-refractivity contribution is 0.440. The average molecular weight is 225 g/mol. The van der Waals surface area contributed by atoms with Gasteiger partial charge < -0.3 is 5.32 Å². The van der Waals surface area contributed by atoms with Crippen molar-refractivity contribution < 1.29 is 0 Å². The maximum absolute atomic E-state index is 8.96. The number of nitrogens with zero attached hydrogens (tertiary/aromatic N) is 2. The zero-order chi connectivity index (χ0) is 11.8. The first-order valence-electron chi connectivity index (χ1n) is 6.12. The fourth-order valence-electron chi connectivity index (χ4n) is 2.95. The van der Waals surface area contributed by atoms with Crippen molar-refractivity contribution in [1.29, 1.82) is 5.26 Å². The Labute approximate surface area is 100 Å². The molecule has 1 aliphatic carbocycles. The summed E-state index contributed by atoms with van der Waals surface area (Å²) >= 11 is 0. The number of hydrogen-bond donors (Lipinski definition) is 1. The van der Waals surface area contributed by atoms with E-state index in [2.05, 4.69) is 11.4 Å². The van der Waals surface area contributed by atoms with Gasteiger partial charge in [0.25, 0.3) is 0 Å². The molecule has 1 aliphatic heterocycles. The average Bonchev–Trinajstić information content (AvgIpc) is 2.76. The van der Waals surface area contributed by atoms with Gasteiger partial charge in [0.1, 0.15) is 0 Å². The Balaban J connectivity index is 2.19. The fourth-order valence-corrected chi connectivity index (χ4v) is 2.95. The first-order valence-corrected chi connectivity index (χ1v) is 6.12. The van der Waals surface area contributed by atoms with Crippen molar-refractivity contribution in [2.24, 2.45) is 4.99 Å². The molecule has 0 bridgehead atoms. The summed E-state index contributed by atoms with van der Waals surface area (Å²) in [7, 11) is 2.01. The van der Waals surface area contributed by atoms with Crippen LogP contribution in [0.1, 0.15) is 24.8 Å². The molecule has 1 saturated carbocycles. The van der Waals surface area contributed by atoms with Crippen molar-refractivity contribution >= 4 is 5.57 Å². The summed E-state index contributed by atoms with van der Waals surface area (Å²) in [5.74, 6) is 0. The zero-order valence-electron chi connectivity index (χ0n) is 9.90. The Kier molecular flexibility index (Phi) is 2.45. The minimum atomic E-state index is 0.290. The molecule has 1 aromatic carbocycles. The topological polar surface area (TPSA) is 48.2 Å². The molecule has 0 unspecified atom stereocenters. The summed E-state index contributed by atoms with van der Waals surface area (Å²) in [5, 5.41) is 14.6. The molecule has 3 nitrogen and oxygen atoms in total. The van der Waals surface area contributed by atoms with Crippen LogP contribution >= 0.6 is 0 Å². The van der Waals surface area contributed by atoms with E-state index in [-0.39, 0.29) is 6.04 Å². The second-order valence-electron chi connectivity index (χ2n) is 4.73. The van der Waals surface area contributed by atoms with E-state index in [0.29, 0.717) is 6.04 Å². The molecule has 0 spiro atoms. The van der Waals surface area contributed by atoms with E-state index in [1.807, 2.05) is 25.2 Å². The second-order valence-corrected chi connectivity index (χ2v) is 4.73. The van der Waals surface area contributed by atoms with Crippen LogP contribution in [-0.2, 0) is 0 Å². The molecule has 0 amide bonds. The summed E-state index contributed by atoms with van der Waals surface area (Å²) in [6.07, 6.45) is 3.52. The van der Waals surface area contributed by atoms with Crippen LogP contribution in [-0.4, -0.2) is 19.1 Å². The molecule has 17 heavy (non-hydrogen) atoms. The van der Waals surface area contributed by atoms with Crippen LogP contribution in [0.5, 0.6) is 0 Å². The molecule has 3 rings (SSSR count). The van der Waals surface area contributed by atoms with Crippen LogP contribution in [0.4, 0.5) is 0 Å². The highest BCUT2D eigenvalue weighted by atomic mass is 15.0. The molecule has 1 heterocycles. The quantitative estimate of drug-likeness (QED) is 0.756. The molecule has 1 aromatic rings. The molecule has 2 atom stereocenters. The normalized spacial score (nSPS) is 25.8. The summed E-state index contributed by atoms with van der Waals surface area (Å²) in [6.45, 7) is 0. The lowest BCUT2D eigenvalue weighted by Crippen LogP contribution is -2.39. The Bertz CT molecular complexity index is 609. The summed E-state index contributed by atoms with van der Waals surface area (Å²) in [4.78, 5) is 4.79. The third kappa shape index (κ3) is 1.57. The van der Waals surface area contributed by atoms with E-state index in [9.17, 15) is 0 Å². The number of nitrogens with one attached hydrogen (secondary N) is 1. The number of nitriles is 1. The van der Waals surface area contributed by atoms with E-state index in [0.717, 1.165) is 17.3 Å². The maximum Gasteiger partial charge on any atom is 0.0991 e. The SMILES string of the molecule is CN[C@@H]1CCCC2=c3cc(C#N)ccc3=N[C@H]21. The van der Waals surface area contributed by atoms with Crippen molar-refractivity contribution in [3.8, 4) is 6.07 Å². The van der Waals surface area contributed by atoms with Crippen LogP contribution in [0, 0.1) is 11.3 Å². The number of benzene rings is 1. The predicted octanol–water partition coefficient (Wildman–Crippen LogP) is 0.483. The first kappa shape index (κ1) is 10.5. The van der Waals surface area contributed by atoms with Gasteiger partial charge in [-0.1, -0.05) is 0 Å². The Morgan fingerprint density at radius 2 is 2.35 bits per heavy atom. The third-order valence-corrected chi connectivity index (χ3v) is 3.82. The van der Waals surface area contributed by atoms with Crippen LogP contribution in [0.3, 0.4) is 0 Å². The minimum absolute atomic E-state index is 0.290. The van der Waals surface area contributed by atoms with Crippen molar-refractivity contribution in [2.75, 3.05) is 7.05 Å². The smallest absolute Gasteiger partial charge is 0.0991 e. The number of hydrogen-bond acceptors (Lipinski definition) is 3. The molecule has 2 aliphatic rings. The minimum Gasteiger partial charge on any atom is -0.315 e. The lowest BCUT2D eigenvalue weighted by atomic mass is 9.86. The van der Waals surface area contributed by atoms with Gasteiger partial charge in [0.2, 0.25) is 0 Å². The lowest BCUT2D eigenvalue weighted by Gasteiger charge is -2.28. The fraction of sp³-hybridized carbons (Fsp3) is 0.429. The number of rotatable bonds is 1. The largest absolute Gasteiger partial charge is 0.315 e. The van der Waals surface area contributed by atoms with Crippen LogP contribution in [0.2, 0.25) is 0 Å². The van der Waals surface area contributed by atoms with Gasteiger partial charge in [-0.25, -0.2) is 0 Å². The number of likely N-dealkylation sites (N-methyl/N-ethyl adjacent to an activating group) is 1. The van der Waals surface area contributed by atoms with Crippen LogP contribution in [0.25, 0.3) is 5.57 Å². The molecule has 1 fully saturated rings. The highest BCUT2D eigenvalue weighted by molar-refractivity contribution is 5.56. The molecule has 3 heteroatoms. The van der Waals surface area contributed by atoms with Gasteiger partial charge in [0, 0.05) is 11.3 Å². The predicted molar refractivity (Wildman–Crippen MR) is 65.8 cm³/mol. The molecule has 1 N–H and O–H groups in total. The molecule has 86 valence electrons. The molecular formula is C14H15N3. The van der Waals surface area contributed by atoms with Gasteiger partial charge in [-0.15, -0.1) is 0 Å². The van der Waals surface area contributed by atoms with Crippen LogP contribution < -0.4 is 15.9 Å². The molecule has 0 radical (unpaired) electrons. The van der Waals surface area contributed by atoms with Gasteiger partial charge >= 0.3 is 0 Å². The van der Waals surface area contributed by atoms with E-state index in [1.165, 1.54) is 23.6 Å². The Hall–Kier alpha value is -1.66. The number of fused-ring (bicyclic) bond motifs is 2. The van der Waals surface area contributed by atoms with Crippen molar-refractivity contribution in [2.45, 2.75) is 31.3 Å². The van der Waals surface area contributed by atoms with Gasteiger partial charge in [-0.05, 0) is 50.1 Å². The third-order valence-electron chi connectivity index (χ3n) is 3.82. The van der Waals surface area contributed by atoms with Gasteiger partial charge in [0.15, 0.2) is 0 Å². The van der Waals surface area contributed by atoms with E-state index < -0.39 is 0 Å². The monoisotopic (exact) mass is 225 g/mol. The summed E-state index contributed by atoms with van der Waals surface area (Å²) in [5.41, 5.74) is 2.15. The van der Waals surface area contributed by atoms with E-state index in [4.69, 9.17) is 10.3 Å². The van der Waals surface area contributed by atoms with Gasteiger partial charge in [-0.3, -0.25) is 4.99 Å². The highest BCUT2D eigenvalue weighted by Crippen LogP contribution is 2.27. The highest BCUT2D eigenvalue weighted by Gasteiger charge is 2.30. The summed E-state index contributed by atoms with van der Waals surface area (Å²) < 4.78 is 0. The van der Waals surface area contributed by atoms with Crippen LogP contribution in [0.15, 0.2) is 23.2 Å². The molecule has 0 aromatic heterocycles. The standard InChI is InChI=1S/C14H15N3/c1-16-13-4-2-3-10-11-7-9(8-15)5-6-12(11)17-14(10)13/h5-7,13-14,16H,2-4H2,1H3/t13-,14-/m1/s1. The zero-order valence-corrected chi connectivity index (χ0v) is 9.90. The van der Waals surface area contributed by atoms with Crippen molar-refractivity contribution in [3.05, 3.63) is 34.3 Å². The molecular weight excluding hydrogens is 210 g/mol. The Morgan fingerprint density at radius 1 is 1.47 bits per heavy atom. The van der Waals surface area contributed by atoms with Gasteiger partial charge in [0.05, 0.1) is 23.0 Å². The molecule has 0 saturated heterocycles. The summed E-state index contributed by atoms with van der Waals surface area (Å²) in [6, 6.07) is 8.78. The first-order chi connectivity index (χ1) is 8.33.